The average Bonchev–Trinajstić information content (AvgIpc) is 2.76. The monoisotopic (exact) mass is 394 g/mol. The van der Waals surface area contributed by atoms with Crippen LogP contribution in [-0.4, -0.2) is 39.0 Å². The summed E-state index contributed by atoms with van der Waals surface area (Å²) >= 11 is 0. The van der Waals surface area contributed by atoms with Gasteiger partial charge in [0.15, 0.2) is 0 Å². The summed E-state index contributed by atoms with van der Waals surface area (Å²) in [5.41, 5.74) is 3.79. The summed E-state index contributed by atoms with van der Waals surface area (Å²) in [5.74, 6) is 2.49. The van der Waals surface area contributed by atoms with Crippen LogP contribution in [0.1, 0.15) is 42.5 Å². The molecule has 1 heterocycles. The molecule has 1 saturated heterocycles. The number of methoxy groups -OCH3 is 2. The Balaban J connectivity index is 1.78. The number of ether oxygens (including phenoxy) is 2. The number of piperidine rings is 1. The highest BCUT2D eigenvalue weighted by atomic mass is 16.6. The fraction of sp³-hybridized carbons (Fsp3) is 0.458. The molecule has 0 aromatic heterocycles. The molecule has 0 amide bonds. The third kappa shape index (κ3) is 3.60. The number of oxime groups is 1. The second-order valence-electron chi connectivity index (χ2n) is 7.94. The van der Waals surface area contributed by atoms with E-state index in [1.807, 2.05) is 24.3 Å². The standard InChI is InChI=1S/C24H30N2O3/c1-26-23(16-8-12-18(27-2)13-9-16)20-6-5-7-21(22(20)25-29-4)24(26)17-10-14-19(28-3)15-11-17/h8-15,20-21,23-24H,5-7H2,1-4H3. The lowest BCUT2D eigenvalue weighted by atomic mass is 9.66. The van der Waals surface area contributed by atoms with E-state index in [4.69, 9.17) is 14.3 Å². The Labute approximate surface area is 173 Å². The molecule has 2 aromatic rings. The van der Waals surface area contributed by atoms with Crippen LogP contribution in [0, 0.1) is 11.8 Å². The van der Waals surface area contributed by atoms with Crippen molar-refractivity contribution < 1.29 is 14.3 Å². The van der Waals surface area contributed by atoms with Gasteiger partial charge in [0.1, 0.15) is 18.6 Å². The number of fused-ring (bicyclic) bond motifs is 2. The summed E-state index contributed by atoms with van der Waals surface area (Å²) < 4.78 is 10.7. The van der Waals surface area contributed by atoms with Crippen molar-refractivity contribution in [1.29, 1.82) is 0 Å². The molecule has 4 unspecified atom stereocenters. The van der Waals surface area contributed by atoms with Crippen LogP contribution in [0.25, 0.3) is 0 Å². The van der Waals surface area contributed by atoms with Gasteiger partial charge in [-0.2, -0.15) is 0 Å². The molecule has 4 atom stereocenters. The van der Waals surface area contributed by atoms with E-state index in [0.29, 0.717) is 11.8 Å². The van der Waals surface area contributed by atoms with E-state index < -0.39 is 0 Å². The van der Waals surface area contributed by atoms with Crippen molar-refractivity contribution >= 4 is 5.71 Å². The first kappa shape index (κ1) is 19.8. The van der Waals surface area contributed by atoms with Crippen molar-refractivity contribution in [1.82, 2.24) is 4.90 Å². The topological polar surface area (TPSA) is 43.3 Å². The minimum Gasteiger partial charge on any atom is -0.497 e. The van der Waals surface area contributed by atoms with E-state index in [0.717, 1.165) is 24.3 Å². The smallest absolute Gasteiger partial charge is 0.118 e. The summed E-state index contributed by atoms with van der Waals surface area (Å²) in [6, 6.07) is 17.4. The van der Waals surface area contributed by atoms with Crippen molar-refractivity contribution in [3.63, 3.8) is 0 Å². The molecule has 2 fully saturated rings. The third-order valence-electron chi connectivity index (χ3n) is 6.54. The molecule has 2 aromatic carbocycles. The van der Waals surface area contributed by atoms with Gasteiger partial charge in [0, 0.05) is 23.9 Å². The maximum Gasteiger partial charge on any atom is 0.118 e. The van der Waals surface area contributed by atoms with Crippen molar-refractivity contribution in [2.75, 3.05) is 28.4 Å². The lowest BCUT2D eigenvalue weighted by Crippen LogP contribution is -2.51. The normalized spacial score (nSPS) is 26.7. The van der Waals surface area contributed by atoms with Crippen molar-refractivity contribution in [2.24, 2.45) is 17.0 Å². The minimum absolute atomic E-state index is 0.249. The van der Waals surface area contributed by atoms with E-state index >= 15 is 0 Å². The van der Waals surface area contributed by atoms with Crippen molar-refractivity contribution in [2.45, 2.75) is 31.3 Å². The number of likely N-dealkylation sites (tertiary alicyclic amines) is 1. The summed E-state index contributed by atoms with van der Waals surface area (Å²) in [6.07, 6.45) is 3.48. The number of hydrogen-bond donors (Lipinski definition) is 0. The van der Waals surface area contributed by atoms with Gasteiger partial charge >= 0.3 is 0 Å². The lowest BCUT2D eigenvalue weighted by molar-refractivity contribution is 0.0609. The molecule has 29 heavy (non-hydrogen) atoms. The third-order valence-corrected chi connectivity index (χ3v) is 6.54. The Kier molecular flexibility index (Phi) is 5.76. The van der Waals surface area contributed by atoms with Crippen molar-refractivity contribution in [3.8, 4) is 11.5 Å². The highest BCUT2D eigenvalue weighted by Gasteiger charge is 2.48. The zero-order valence-corrected chi connectivity index (χ0v) is 17.7. The van der Waals surface area contributed by atoms with Gasteiger partial charge in [-0.25, -0.2) is 0 Å². The van der Waals surface area contributed by atoms with Gasteiger partial charge in [0.05, 0.1) is 19.9 Å². The van der Waals surface area contributed by atoms with Gasteiger partial charge in [-0.05, 0) is 55.3 Å². The highest BCUT2D eigenvalue weighted by molar-refractivity contribution is 5.91. The molecule has 5 nitrogen and oxygen atoms in total. The maximum absolute atomic E-state index is 5.37. The van der Waals surface area contributed by atoms with Crippen LogP contribution >= 0.6 is 0 Å². The van der Waals surface area contributed by atoms with E-state index in [1.54, 1.807) is 21.3 Å². The van der Waals surface area contributed by atoms with Crippen LogP contribution in [-0.2, 0) is 4.84 Å². The van der Waals surface area contributed by atoms with Crippen LogP contribution in [0.4, 0.5) is 0 Å². The number of hydrogen-bond acceptors (Lipinski definition) is 5. The van der Waals surface area contributed by atoms with E-state index in [2.05, 4.69) is 41.4 Å². The van der Waals surface area contributed by atoms with Crippen LogP contribution in [0.3, 0.4) is 0 Å². The highest BCUT2D eigenvalue weighted by Crippen LogP contribution is 2.51. The molecule has 1 aliphatic carbocycles. The first-order valence-electron chi connectivity index (χ1n) is 10.3. The molecule has 1 saturated carbocycles. The van der Waals surface area contributed by atoms with Crippen LogP contribution < -0.4 is 9.47 Å². The predicted octanol–water partition coefficient (Wildman–Crippen LogP) is 4.85. The van der Waals surface area contributed by atoms with E-state index in [1.165, 1.54) is 23.3 Å². The van der Waals surface area contributed by atoms with E-state index in [9.17, 15) is 0 Å². The molecular formula is C24H30N2O3. The molecule has 2 aliphatic rings. The lowest BCUT2D eigenvalue weighted by Gasteiger charge is -2.52. The first-order chi connectivity index (χ1) is 14.2. The zero-order valence-electron chi connectivity index (χ0n) is 17.7. The van der Waals surface area contributed by atoms with Crippen LogP contribution in [0.5, 0.6) is 11.5 Å². The zero-order chi connectivity index (χ0) is 20.4. The summed E-state index contributed by atoms with van der Waals surface area (Å²) in [6.45, 7) is 0. The van der Waals surface area contributed by atoms with Crippen LogP contribution in [0.15, 0.2) is 53.7 Å². The summed E-state index contributed by atoms with van der Waals surface area (Å²) in [4.78, 5) is 7.86. The Morgan fingerprint density at radius 2 is 1.21 bits per heavy atom. The van der Waals surface area contributed by atoms with Gasteiger partial charge in [0.25, 0.3) is 0 Å². The SMILES string of the molecule is CON=C1C2CCCC1C(c1ccc(OC)cc1)N(C)C2c1ccc(OC)cc1. The fourth-order valence-electron chi connectivity index (χ4n) is 5.29. The molecular weight excluding hydrogens is 364 g/mol. The molecule has 2 bridgehead atoms. The van der Waals surface area contributed by atoms with Gasteiger partial charge < -0.3 is 14.3 Å². The Bertz CT molecular complexity index is 782. The minimum atomic E-state index is 0.249. The Hall–Kier alpha value is -2.53. The first-order valence-corrected chi connectivity index (χ1v) is 10.3. The summed E-state index contributed by atoms with van der Waals surface area (Å²) in [5, 5.41) is 4.56. The quantitative estimate of drug-likeness (QED) is 0.680. The molecule has 0 N–H and O–H groups in total. The summed E-state index contributed by atoms with van der Waals surface area (Å²) in [7, 11) is 7.32. The fourth-order valence-corrected chi connectivity index (χ4v) is 5.29. The molecule has 4 rings (SSSR count). The molecule has 0 radical (unpaired) electrons. The van der Waals surface area contributed by atoms with Gasteiger partial charge in [-0.15, -0.1) is 0 Å². The van der Waals surface area contributed by atoms with Crippen LogP contribution in [0.2, 0.25) is 0 Å². The second-order valence-corrected chi connectivity index (χ2v) is 7.94. The molecule has 0 spiro atoms. The maximum atomic E-state index is 5.37. The van der Waals surface area contributed by atoms with Crippen molar-refractivity contribution in [3.05, 3.63) is 59.7 Å². The van der Waals surface area contributed by atoms with E-state index in [-0.39, 0.29) is 12.1 Å². The number of rotatable bonds is 5. The molecule has 1 aliphatic heterocycles. The van der Waals surface area contributed by atoms with Gasteiger partial charge in [-0.3, -0.25) is 4.90 Å². The van der Waals surface area contributed by atoms with Gasteiger partial charge in [0.2, 0.25) is 0 Å². The molecule has 154 valence electrons. The average molecular weight is 395 g/mol. The Morgan fingerprint density at radius 1 is 0.759 bits per heavy atom. The largest absolute Gasteiger partial charge is 0.497 e. The Morgan fingerprint density at radius 3 is 1.59 bits per heavy atom. The predicted molar refractivity (Wildman–Crippen MR) is 115 cm³/mol. The number of nitrogens with zero attached hydrogens (tertiary/aromatic N) is 2. The second kappa shape index (κ2) is 8.46. The molecule has 5 heteroatoms. The number of benzene rings is 2. The van der Waals surface area contributed by atoms with Gasteiger partial charge in [-0.1, -0.05) is 35.8 Å².